The second kappa shape index (κ2) is 6.44. The minimum Gasteiger partial charge on any atom is -0.489 e. The number of amides is 1. The summed E-state index contributed by atoms with van der Waals surface area (Å²) in [5.41, 5.74) is 9.13. The maximum atomic E-state index is 11.0. The van der Waals surface area contributed by atoms with Gasteiger partial charge < -0.3 is 10.5 Å². The predicted molar refractivity (Wildman–Crippen MR) is 84.6 cm³/mol. The van der Waals surface area contributed by atoms with Gasteiger partial charge in [-0.25, -0.2) is 0 Å². The van der Waals surface area contributed by atoms with Gasteiger partial charge in [-0.2, -0.15) is 0 Å². The molecule has 0 fully saturated rings. The molecule has 2 aromatic rings. The lowest BCUT2D eigenvalue weighted by Crippen LogP contribution is -2.10. The van der Waals surface area contributed by atoms with Crippen molar-refractivity contribution in [3.8, 4) is 5.75 Å². The van der Waals surface area contributed by atoms with Crippen LogP contribution in [0, 0.1) is 6.92 Å². The smallest absolute Gasteiger partial charge is 0.248 e. The Labute approximate surface area is 125 Å². The molecule has 0 spiro atoms. The molecule has 0 aliphatic carbocycles. The molecule has 21 heavy (non-hydrogen) atoms. The zero-order valence-electron chi connectivity index (χ0n) is 12.7. The topological polar surface area (TPSA) is 52.3 Å². The van der Waals surface area contributed by atoms with Crippen LogP contribution in [0.15, 0.2) is 42.5 Å². The first kappa shape index (κ1) is 15.1. The van der Waals surface area contributed by atoms with Crippen molar-refractivity contribution in [2.75, 3.05) is 0 Å². The summed E-state index contributed by atoms with van der Waals surface area (Å²) in [4.78, 5) is 11.0. The van der Waals surface area contributed by atoms with Crippen LogP contribution in [0.5, 0.6) is 5.75 Å². The van der Waals surface area contributed by atoms with Crippen molar-refractivity contribution in [3.63, 3.8) is 0 Å². The second-order valence-corrected chi connectivity index (χ2v) is 5.53. The number of ether oxygens (including phenoxy) is 1. The molecule has 0 aliphatic rings. The number of rotatable bonds is 5. The molecule has 110 valence electrons. The molecule has 3 nitrogen and oxygen atoms in total. The molecule has 0 radical (unpaired) electrons. The van der Waals surface area contributed by atoms with Gasteiger partial charge in [-0.3, -0.25) is 4.79 Å². The van der Waals surface area contributed by atoms with Crippen molar-refractivity contribution in [2.24, 2.45) is 5.73 Å². The minimum absolute atomic E-state index is 0.414. The first-order valence-electron chi connectivity index (χ1n) is 7.09. The SMILES string of the molecule is Cc1ccc(C(C)C)cc1OCc1ccc(C(N)=O)cc1. The van der Waals surface area contributed by atoms with E-state index in [4.69, 9.17) is 10.5 Å². The average Bonchev–Trinajstić information content (AvgIpc) is 2.46. The molecule has 1 amide bonds. The maximum absolute atomic E-state index is 11.0. The monoisotopic (exact) mass is 283 g/mol. The van der Waals surface area contributed by atoms with Gasteiger partial charge in [-0.05, 0) is 47.7 Å². The van der Waals surface area contributed by atoms with Crippen LogP contribution in [0.4, 0.5) is 0 Å². The zero-order valence-corrected chi connectivity index (χ0v) is 12.7. The summed E-state index contributed by atoms with van der Waals surface area (Å²) in [6.45, 7) is 6.84. The molecule has 0 heterocycles. The van der Waals surface area contributed by atoms with Crippen LogP contribution in [0.25, 0.3) is 0 Å². The van der Waals surface area contributed by atoms with Gasteiger partial charge in [0.15, 0.2) is 0 Å². The molecule has 2 aromatic carbocycles. The lowest BCUT2D eigenvalue weighted by Gasteiger charge is -2.13. The number of hydrogen-bond acceptors (Lipinski definition) is 2. The Bertz CT molecular complexity index is 630. The number of carbonyl (C=O) groups excluding carboxylic acids is 1. The highest BCUT2D eigenvalue weighted by Gasteiger charge is 2.06. The van der Waals surface area contributed by atoms with E-state index in [2.05, 4.69) is 32.0 Å². The molecular formula is C18H21NO2. The van der Waals surface area contributed by atoms with E-state index >= 15 is 0 Å². The fourth-order valence-corrected chi connectivity index (χ4v) is 2.06. The molecule has 0 aliphatic heterocycles. The molecule has 0 saturated carbocycles. The number of benzene rings is 2. The first-order chi connectivity index (χ1) is 9.97. The third kappa shape index (κ3) is 3.85. The van der Waals surface area contributed by atoms with Gasteiger partial charge in [-0.15, -0.1) is 0 Å². The molecule has 0 atom stereocenters. The van der Waals surface area contributed by atoms with Crippen LogP contribution < -0.4 is 10.5 Å². The standard InChI is InChI=1S/C18H21NO2/c1-12(2)16-7-4-13(3)17(10-16)21-11-14-5-8-15(9-6-14)18(19)20/h4-10,12H,11H2,1-3H3,(H2,19,20). The predicted octanol–water partition coefficient (Wildman–Crippen LogP) is 3.80. The maximum Gasteiger partial charge on any atom is 0.248 e. The van der Waals surface area contributed by atoms with E-state index in [0.29, 0.717) is 18.1 Å². The molecule has 0 saturated heterocycles. The van der Waals surface area contributed by atoms with E-state index in [9.17, 15) is 4.79 Å². The normalized spacial score (nSPS) is 10.7. The Hall–Kier alpha value is -2.29. The Balaban J connectivity index is 2.08. The first-order valence-corrected chi connectivity index (χ1v) is 7.09. The van der Waals surface area contributed by atoms with E-state index in [0.717, 1.165) is 16.9 Å². The quantitative estimate of drug-likeness (QED) is 0.907. The van der Waals surface area contributed by atoms with Crippen LogP contribution in [0.3, 0.4) is 0 Å². The number of carbonyl (C=O) groups is 1. The molecule has 0 bridgehead atoms. The van der Waals surface area contributed by atoms with Crippen LogP contribution in [0.2, 0.25) is 0 Å². The van der Waals surface area contributed by atoms with Crippen LogP contribution in [-0.2, 0) is 6.61 Å². The largest absolute Gasteiger partial charge is 0.489 e. The van der Waals surface area contributed by atoms with Crippen LogP contribution in [0.1, 0.15) is 46.8 Å². The van der Waals surface area contributed by atoms with Gasteiger partial charge in [0.2, 0.25) is 5.91 Å². The van der Waals surface area contributed by atoms with Crippen LogP contribution in [-0.4, -0.2) is 5.91 Å². The Morgan fingerprint density at radius 3 is 2.38 bits per heavy atom. The van der Waals surface area contributed by atoms with Gasteiger partial charge in [0.25, 0.3) is 0 Å². The van der Waals surface area contributed by atoms with Crippen molar-refractivity contribution in [2.45, 2.75) is 33.3 Å². The highest BCUT2D eigenvalue weighted by Crippen LogP contribution is 2.25. The van der Waals surface area contributed by atoms with Crippen molar-refractivity contribution in [1.29, 1.82) is 0 Å². The van der Waals surface area contributed by atoms with Crippen molar-refractivity contribution >= 4 is 5.91 Å². The van der Waals surface area contributed by atoms with Crippen molar-refractivity contribution in [1.82, 2.24) is 0 Å². The third-order valence-electron chi connectivity index (χ3n) is 3.51. The number of aryl methyl sites for hydroxylation is 1. The van der Waals surface area contributed by atoms with Crippen LogP contribution >= 0.6 is 0 Å². The Morgan fingerprint density at radius 2 is 1.81 bits per heavy atom. The summed E-state index contributed by atoms with van der Waals surface area (Å²) in [7, 11) is 0. The van der Waals surface area contributed by atoms with Gasteiger partial charge in [0.1, 0.15) is 12.4 Å². The zero-order chi connectivity index (χ0) is 15.4. The lowest BCUT2D eigenvalue weighted by molar-refractivity contribution is 0.1000. The average molecular weight is 283 g/mol. The lowest BCUT2D eigenvalue weighted by atomic mass is 10.0. The highest BCUT2D eigenvalue weighted by molar-refractivity contribution is 5.92. The number of hydrogen-bond donors (Lipinski definition) is 1. The molecule has 2 rings (SSSR count). The summed E-state index contributed by atoms with van der Waals surface area (Å²) >= 11 is 0. The molecule has 0 unspecified atom stereocenters. The van der Waals surface area contributed by atoms with Gasteiger partial charge in [0, 0.05) is 5.56 Å². The van der Waals surface area contributed by atoms with Crippen molar-refractivity contribution < 1.29 is 9.53 Å². The van der Waals surface area contributed by atoms with E-state index in [1.54, 1.807) is 12.1 Å². The van der Waals surface area contributed by atoms with E-state index in [1.807, 2.05) is 19.1 Å². The fourth-order valence-electron chi connectivity index (χ4n) is 2.06. The molecule has 3 heteroatoms. The third-order valence-corrected chi connectivity index (χ3v) is 3.51. The second-order valence-electron chi connectivity index (χ2n) is 5.53. The summed E-state index contributed by atoms with van der Waals surface area (Å²) in [6, 6.07) is 13.5. The minimum atomic E-state index is -0.414. The fraction of sp³-hybridized carbons (Fsp3) is 0.278. The van der Waals surface area contributed by atoms with Gasteiger partial charge in [0.05, 0.1) is 0 Å². The number of primary amides is 1. The van der Waals surface area contributed by atoms with Gasteiger partial charge in [-0.1, -0.05) is 38.1 Å². The Kier molecular flexibility index (Phi) is 4.63. The number of nitrogens with two attached hydrogens (primary N) is 1. The van der Waals surface area contributed by atoms with E-state index in [1.165, 1.54) is 5.56 Å². The summed E-state index contributed by atoms with van der Waals surface area (Å²) < 4.78 is 5.90. The summed E-state index contributed by atoms with van der Waals surface area (Å²) in [5, 5.41) is 0. The summed E-state index contributed by atoms with van der Waals surface area (Å²) in [6.07, 6.45) is 0. The molecular weight excluding hydrogens is 262 g/mol. The molecule has 2 N–H and O–H groups in total. The van der Waals surface area contributed by atoms with Crippen molar-refractivity contribution in [3.05, 3.63) is 64.7 Å². The molecule has 0 aromatic heterocycles. The van der Waals surface area contributed by atoms with Gasteiger partial charge >= 0.3 is 0 Å². The Morgan fingerprint density at radius 1 is 1.14 bits per heavy atom. The highest BCUT2D eigenvalue weighted by atomic mass is 16.5. The summed E-state index contributed by atoms with van der Waals surface area (Å²) in [5.74, 6) is 0.964. The van der Waals surface area contributed by atoms with E-state index in [-0.39, 0.29) is 0 Å². The van der Waals surface area contributed by atoms with E-state index < -0.39 is 5.91 Å².